The summed E-state index contributed by atoms with van der Waals surface area (Å²) in [6, 6.07) is 9.44. The lowest BCUT2D eigenvalue weighted by molar-refractivity contribution is -0.253. The number of nitrogens with two attached hydrogens (primary N) is 1. The van der Waals surface area contributed by atoms with Crippen molar-refractivity contribution in [2.75, 3.05) is 13.1 Å². The first kappa shape index (κ1) is 19.1. The van der Waals surface area contributed by atoms with E-state index < -0.39 is 30.7 Å². The number of hydrogen-bond acceptors (Lipinski definition) is 5. The summed E-state index contributed by atoms with van der Waals surface area (Å²) < 4.78 is 44.4. The molecule has 0 aliphatic carbocycles. The van der Waals surface area contributed by atoms with E-state index in [9.17, 15) is 23.1 Å². The molecule has 0 saturated carbocycles. The van der Waals surface area contributed by atoms with Gasteiger partial charge in [0.15, 0.2) is 5.60 Å². The van der Waals surface area contributed by atoms with Crippen molar-refractivity contribution in [3.63, 3.8) is 0 Å². The lowest BCUT2D eigenvalue weighted by Crippen LogP contribution is -2.48. The predicted molar refractivity (Wildman–Crippen MR) is 90.2 cm³/mol. The van der Waals surface area contributed by atoms with Crippen molar-refractivity contribution in [1.82, 2.24) is 9.88 Å². The molecule has 3 N–H and O–H groups in total. The van der Waals surface area contributed by atoms with Crippen LogP contribution in [0.1, 0.15) is 22.3 Å². The summed E-state index contributed by atoms with van der Waals surface area (Å²) in [4.78, 5) is 17.6. The number of carbonyl (C=O) groups excluding carboxylic acids is 1. The number of hydrogen-bond donors (Lipinski definition) is 2. The third kappa shape index (κ3) is 4.04. The third-order valence-electron chi connectivity index (χ3n) is 4.40. The molecule has 1 atom stereocenters. The van der Waals surface area contributed by atoms with Gasteiger partial charge in [-0.1, -0.05) is 6.07 Å². The number of halogens is 3. The molecule has 1 aromatic heterocycles. The van der Waals surface area contributed by atoms with E-state index in [1.54, 1.807) is 24.3 Å². The Kier molecular flexibility index (Phi) is 5.07. The minimum absolute atomic E-state index is 0.161. The number of ether oxygens (including phenoxy) is 1. The van der Waals surface area contributed by atoms with Gasteiger partial charge >= 0.3 is 6.18 Å². The molecule has 0 bridgehead atoms. The Morgan fingerprint density at radius 2 is 2.11 bits per heavy atom. The predicted octanol–water partition coefficient (Wildman–Crippen LogP) is 2.47. The van der Waals surface area contributed by atoms with Gasteiger partial charge in [-0.15, -0.1) is 0 Å². The van der Waals surface area contributed by atoms with Crippen molar-refractivity contribution >= 4 is 5.91 Å². The van der Waals surface area contributed by atoms with Crippen molar-refractivity contribution < 1.29 is 27.8 Å². The molecular weight excluding hydrogens is 363 g/mol. The molecule has 1 fully saturated rings. The summed E-state index contributed by atoms with van der Waals surface area (Å²) in [5.74, 6) is -0.00716. The standard InChI is InChI=1S/C18H18F3N3O3/c19-18(20,21)17(26)5-7-24(11-17)16(25)13-2-1-3-14(9-13)27-15-8-12(10-22)4-6-23-15/h1-4,6,8-9,26H,5,7,10-11,22H2. The fourth-order valence-corrected chi connectivity index (χ4v) is 2.83. The average molecular weight is 381 g/mol. The molecule has 0 radical (unpaired) electrons. The van der Waals surface area contributed by atoms with E-state index in [0.29, 0.717) is 12.3 Å². The highest BCUT2D eigenvalue weighted by Gasteiger charge is 2.57. The number of carbonyl (C=O) groups is 1. The van der Waals surface area contributed by atoms with Gasteiger partial charge < -0.3 is 20.5 Å². The third-order valence-corrected chi connectivity index (χ3v) is 4.40. The number of amides is 1. The van der Waals surface area contributed by atoms with Crippen LogP contribution in [0.15, 0.2) is 42.6 Å². The Labute approximate surface area is 153 Å². The zero-order valence-corrected chi connectivity index (χ0v) is 14.2. The van der Waals surface area contributed by atoms with E-state index in [-0.39, 0.29) is 18.0 Å². The Balaban J connectivity index is 1.74. The molecule has 27 heavy (non-hydrogen) atoms. The van der Waals surface area contributed by atoms with Crippen LogP contribution in [0, 0.1) is 0 Å². The minimum atomic E-state index is -4.79. The number of benzene rings is 1. The Hall–Kier alpha value is -2.65. The zero-order chi connectivity index (χ0) is 19.7. The normalized spacial score (nSPS) is 20.0. The molecule has 1 saturated heterocycles. The largest absolute Gasteiger partial charge is 0.439 e. The molecule has 9 heteroatoms. The van der Waals surface area contributed by atoms with Crippen LogP contribution in [0.4, 0.5) is 13.2 Å². The first-order chi connectivity index (χ1) is 12.7. The van der Waals surface area contributed by atoms with Gasteiger partial charge in [0.05, 0.1) is 6.54 Å². The smallest absolute Gasteiger partial charge is 0.419 e. The van der Waals surface area contributed by atoms with Crippen LogP contribution in [0.2, 0.25) is 0 Å². The highest BCUT2D eigenvalue weighted by atomic mass is 19.4. The van der Waals surface area contributed by atoms with Crippen LogP contribution in [0.25, 0.3) is 0 Å². The molecular formula is C18H18F3N3O3. The molecule has 3 rings (SSSR count). The number of likely N-dealkylation sites (tertiary alicyclic amines) is 1. The molecule has 2 aromatic rings. The lowest BCUT2D eigenvalue weighted by atomic mass is 10.0. The molecule has 6 nitrogen and oxygen atoms in total. The summed E-state index contributed by atoms with van der Waals surface area (Å²) in [6.45, 7) is -0.658. The van der Waals surface area contributed by atoms with E-state index in [2.05, 4.69) is 4.98 Å². The molecule has 1 aliphatic heterocycles. The monoisotopic (exact) mass is 381 g/mol. The highest BCUT2D eigenvalue weighted by molar-refractivity contribution is 5.94. The molecule has 1 aliphatic rings. The summed E-state index contributed by atoms with van der Waals surface area (Å²) in [6.07, 6.45) is -3.80. The van der Waals surface area contributed by atoms with Crippen molar-refractivity contribution in [3.8, 4) is 11.6 Å². The van der Waals surface area contributed by atoms with Gasteiger partial charge in [0.1, 0.15) is 5.75 Å². The first-order valence-corrected chi connectivity index (χ1v) is 8.23. The second-order valence-electron chi connectivity index (χ2n) is 6.34. The number of rotatable bonds is 4. The maximum Gasteiger partial charge on any atom is 0.419 e. The highest BCUT2D eigenvalue weighted by Crippen LogP contribution is 2.38. The molecule has 0 spiro atoms. The van der Waals surface area contributed by atoms with Crippen LogP contribution in [0.3, 0.4) is 0 Å². The fourth-order valence-electron chi connectivity index (χ4n) is 2.83. The Morgan fingerprint density at radius 1 is 1.33 bits per heavy atom. The van der Waals surface area contributed by atoms with Gasteiger partial charge in [0.2, 0.25) is 5.88 Å². The first-order valence-electron chi connectivity index (χ1n) is 8.23. The lowest BCUT2D eigenvalue weighted by Gasteiger charge is -2.26. The van der Waals surface area contributed by atoms with Gasteiger partial charge in [-0.05, 0) is 29.8 Å². The van der Waals surface area contributed by atoms with E-state index in [4.69, 9.17) is 10.5 Å². The Bertz CT molecular complexity index is 844. The maximum absolute atomic E-state index is 12.9. The summed E-state index contributed by atoms with van der Waals surface area (Å²) >= 11 is 0. The van der Waals surface area contributed by atoms with Crippen LogP contribution in [-0.4, -0.2) is 45.8 Å². The van der Waals surface area contributed by atoms with E-state index >= 15 is 0 Å². The number of aromatic nitrogens is 1. The van der Waals surface area contributed by atoms with Crippen molar-refractivity contribution in [3.05, 3.63) is 53.7 Å². The average Bonchev–Trinajstić information content (AvgIpc) is 3.05. The second-order valence-corrected chi connectivity index (χ2v) is 6.34. The van der Waals surface area contributed by atoms with Crippen LogP contribution >= 0.6 is 0 Å². The second kappa shape index (κ2) is 7.16. The van der Waals surface area contributed by atoms with Crippen molar-refractivity contribution in [2.45, 2.75) is 24.7 Å². The van der Waals surface area contributed by atoms with E-state index in [1.165, 1.54) is 18.3 Å². The van der Waals surface area contributed by atoms with Gasteiger partial charge in [-0.25, -0.2) is 4.98 Å². The minimum Gasteiger partial charge on any atom is -0.439 e. The summed E-state index contributed by atoms with van der Waals surface area (Å²) in [5, 5.41) is 9.73. The molecule has 2 heterocycles. The SMILES string of the molecule is NCc1ccnc(Oc2cccc(C(=O)N3CCC(O)(C(F)(F)F)C3)c2)c1. The van der Waals surface area contributed by atoms with Crippen molar-refractivity contribution in [2.24, 2.45) is 5.73 Å². The topological polar surface area (TPSA) is 88.7 Å². The quantitative estimate of drug-likeness (QED) is 0.849. The van der Waals surface area contributed by atoms with Crippen LogP contribution < -0.4 is 10.5 Å². The maximum atomic E-state index is 12.9. The van der Waals surface area contributed by atoms with Gasteiger partial charge in [0, 0.05) is 37.3 Å². The molecule has 1 amide bonds. The summed E-state index contributed by atoms with van der Waals surface area (Å²) in [5.41, 5.74) is 3.67. The van der Waals surface area contributed by atoms with Crippen LogP contribution in [-0.2, 0) is 6.54 Å². The number of nitrogens with zero attached hydrogens (tertiary/aromatic N) is 2. The fraction of sp³-hybridized carbons (Fsp3) is 0.333. The number of alkyl halides is 3. The molecule has 144 valence electrons. The number of pyridine rings is 1. The van der Waals surface area contributed by atoms with E-state index in [1.807, 2.05) is 0 Å². The molecule has 1 unspecified atom stereocenters. The number of aliphatic hydroxyl groups is 1. The zero-order valence-electron chi connectivity index (χ0n) is 14.2. The molecule has 1 aromatic carbocycles. The van der Waals surface area contributed by atoms with Gasteiger partial charge in [0.25, 0.3) is 5.91 Å². The van der Waals surface area contributed by atoms with E-state index in [0.717, 1.165) is 10.5 Å². The van der Waals surface area contributed by atoms with Gasteiger partial charge in [-0.2, -0.15) is 13.2 Å². The Morgan fingerprint density at radius 3 is 2.78 bits per heavy atom. The number of β-amino-alcohol motifs (C(OH)–C–C–N with tert-alkyl or cyclic N) is 1. The summed E-state index contributed by atoms with van der Waals surface area (Å²) in [7, 11) is 0. The van der Waals surface area contributed by atoms with Gasteiger partial charge in [-0.3, -0.25) is 4.79 Å². The van der Waals surface area contributed by atoms with Crippen LogP contribution in [0.5, 0.6) is 11.6 Å². The van der Waals surface area contributed by atoms with Crippen molar-refractivity contribution in [1.29, 1.82) is 0 Å².